The van der Waals surface area contributed by atoms with Crippen LogP contribution in [-0.2, 0) is 10.8 Å². The zero-order valence-corrected chi connectivity index (χ0v) is 24.8. The minimum atomic E-state index is -0.119. The van der Waals surface area contributed by atoms with Gasteiger partial charge in [0.2, 0.25) is 0 Å². The Hall–Kier alpha value is -5.02. The maximum Gasteiger partial charge on any atom is 0.115 e. The second-order valence-corrected chi connectivity index (χ2v) is 13.1. The van der Waals surface area contributed by atoms with Crippen LogP contribution < -0.4 is 4.90 Å². The monoisotopic (exact) mass is 556 g/mol. The van der Waals surface area contributed by atoms with E-state index in [1.54, 1.807) is 0 Å². The summed E-state index contributed by atoms with van der Waals surface area (Å²) in [6, 6.07) is 40.3. The van der Waals surface area contributed by atoms with Crippen LogP contribution in [0.3, 0.4) is 0 Å². The number of nitrogens with zero attached hydrogens (tertiary/aromatic N) is 2. The van der Waals surface area contributed by atoms with Crippen molar-refractivity contribution in [1.82, 2.24) is 4.57 Å². The van der Waals surface area contributed by atoms with E-state index >= 15 is 0 Å². The number of aromatic nitrogens is 1. The molecule has 3 nitrogen and oxygen atoms in total. The topological polar surface area (TPSA) is 21.3 Å². The number of fused-ring (bicyclic) bond motifs is 7. The molecule has 0 amide bonds. The third-order valence-corrected chi connectivity index (χ3v) is 10.1. The van der Waals surface area contributed by atoms with E-state index in [0.29, 0.717) is 0 Å². The van der Waals surface area contributed by atoms with Crippen molar-refractivity contribution in [3.63, 3.8) is 0 Å². The van der Waals surface area contributed by atoms with Gasteiger partial charge in [0.1, 0.15) is 6.26 Å². The minimum Gasteiger partial charge on any atom is -0.470 e. The summed E-state index contributed by atoms with van der Waals surface area (Å²) < 4.78 is 8.16. The van der Waals surface area contributed by atoms with E-state index in [9.17, 15) is 0 Å². The van der Waals surface area contributed by atoms with Gasteiger partial charge in [-0.3, -0.25) is 0 Å². The highest BCUT2D eigenvalue weighted by molar-refractivity contribution is 6.12. The van der Waals surface area contributed by atoms with Gasteiger partial charge in [0, 0.05) is 32.9 Å². The molecule has 9 rings (SSSR count). The van der Waals surface area contributed by atoms with Gasteiger partial charge in [0.25, 0.3) is 0 Å². The van der Waals surface area contributed by atoms with Crippen molar-refractivity contribution in [3.8, 4) is 16.8 Å². The lowest BCUT2D eigenvalue weighted by atomic mass is 9.73. The number of rotatable bonds is 2. The second kappa shape index (κ2) is 8.29. The molecule has 0 N–H and O–H groups in total. The lowest BCUT2D eigenvalue weighted by molar-refractivity contribution is 0.550. The zero-order valence-electron chi connectivity index (χ0n) is 24.8. The standard InChI is InChI=1S/C40H32N2O/c1-39(2)30-11-5-7-14-35(30)41(36-15-8-6-12-31(36)39)27-19-16-25(17-20-27)26-18-21-34-29(22-26)28-10-9-13-32-38(28)42(34)37-24-43-23-33(37)40(32,3)4/h5-24H,1-4H3. The number of hydrogen-bond donors (Lipinski definition) is 0. The highest BCUT2D eigenvalue weighted by Gasteiger charge is 2.37. The fourth-order valence-corrected chi connectivity index (χ4v) is 7.83. The van der Waals surface area contributed by atoms with E-state index in [0.717, 1.165) is 5.69 Å². The molecule has 43 heavy (non-hydrogen) atoms. The van der Waals surface area contributed by atoms with Crippen molar-refractivity contribution in [2.75, 3.05) is 4.90 Å². The van der Waals surface area contributed by atoms with Gasteiger partial charge in [-0.05, 0) is 64.2 Å². The van der Waals surface area contributed by atoms with Gasteiger partial charge in [-0.2, -0.15) is 0 Å². The first-order chi connectivity index (χ1) is 20.9. The second-order valence-electron chi connectivity index (χ2n) is 13.1. The molecular weight excluding hydrogens is 524 g/mol. The summed E-state index contributed by atoms with van der Waals surface area (Å²) in [5.74, 6) is 0. The van der Waals surface area contributed by atoms with E-state index < -0.39 is 0 Å². The Morgan fingerprint density at radius 3 is 1.86 bits per heavy atom. The lowest BCUT2D eigenvalue weighted by Gasteiger charge is -2.42. The van der Waals surface area contributed by atoms with Crippen LogP contribution in [-0.4, -0.2) is 4.57 Å². The van der Waals surface area contributed by atoms with E-state index in [4.69, 9.17) is 4.42 Å². The van der Waals surface area contributed by atoms with Gasteiger partial charge in [-0.1, -0.05) is 100 Å². The highest BCUT2D eigenvalue weighted by atomic mass is 16.3. The predicted octanol–water partition coefficient (Wildman–Crippen LogP) is 10.8. The molecule has 0 unspecified atom stereocenters. The molecule has 3 heteroatoms. The molecule has 0 radical (unpaired) electrons. The fourth-order valence-electron chi connectivity index (χ4n) is 7.83. The van der Waals surface area contributed by atoms with Crippen LogP contribution in [0.5, 0.6) is 0 Å². The number of benzene rings is 5. The molecule has 2 aliphatic rings. The number of hydrogen-bond acceptors (Lipinski definition) is 2. The van der Waals surface area contributed by atoms with E-state index in [2.05, 4.69) is 146 Å². The number of para-hydroxylation sites is 3. The van der Waals surface area contributed by atoms with Crippen LogP contribution in [0.15, 0.2) is 126 Å². The Morgan fingerprint density at radius 1 is 0.512 bits per heavy atom. The Morgan fingerprint density at radius 2 is 1.14 bits per heavy atom. The Labute approximate surface area is 251 Å². The molecule has 0 fully saturated rings. The molecular formula is C40H32N2O. The normalized spacial score (nSPS) is 15.8. The van der Waals surface area contributed by atoms with Crippen LogP contribution in [0.1, 0.15) is 49.9 Å². The molecule has 2 aliphatic heterocycles. The Bertz CT molecular complexity index is 2190. The van der Waals surface area contributed by atoms with Crippen molar-refractivity contribution < 1.29 is 4.42 Å². The largest absolute Gasteiger partial charge is 0.470 e. The van der Waals surface area contributed by atoms with Crippen LogP contribution in [0.2, 0.25) is 0 Å². The first kappa shape index (κ1) is 24.6. The van der Waals surface area contributed by atoms with Crippen molar-refractivity contribution in [3.05, 3.63) is 144 Å². The fraction of sp³-hybridized carbons (Fsp3) is 0.150. The first-order valence-corrected chi connectivity index (χ1v) is 15.1. The molecule has 2 aromatic heterocycles. The summed E-state index contributed by atoms with van der Waals surface area (Å²) in [6.45, 7) is 9.25. The molecule has 4 heterocycles. The average Bonchev–Trinajstić information content (AvgIpc) is 3.65. The Kier molecular flexibility index (Phi) is 4.74. The van der Waals surface area contributed by atoms with Gasteiger partial charge < -0.3 is 13.9 Å². The van der Waals surface area contributed by atoms with Crippen molar-refractivity contribution in [2.24, 2.45) is 0 Å². The zero-order chi connectivity index (χ0) is 29.1. The maximum atomic E-state index is 5.77. The predicted molar refractivity (Wildman–Crippen MR) is 177 cm³/mol. The van der Waals surface area contributed by atoms with Gasteiger partial charge in [-0.25, -0.2) is 0 Å². The van der Waals surface area contributed by atoms with Crippen molar-refractivity contribution >= 4 is 38.9 Å². The summed E-state index contributed by atoms with van der Waals surface area (Å²) >= 11 is 0. The van der Waals surface area contributed by atoms with E-state index in [-0.39, 0.29) is 10.8 Å². The summed E-state index contributed by atoms with van der Waals surface area (Å²) in [5, 5.41) is 2.56. The molecule has 0 saturated heterocycles. The molecule has 0 aliphatic carbocycles. The number of anilines is 3. The molecule has 208 valence electrons. The van der Waals surface area contributed by atoms with Gasteiger partial charge in [0.05, 0.1) is 34.4 Å². The summed E-state index contributed by atoms with van der Waals surface area (Å²) in [5.41, 5.74) is 14.8. The maximum absolute atomic E-state index is 5.77. The first-order valence-electron chi connectivity index (χ1n) is 15.1. The average molecular weight is 557 g/mol. The van der Waals surface area contributed by atoms with Crippen LogP contribution in [0.4, 0.5) is 17.1 Å². The lowest BCUT2D eigenvalue weighted by Crippen LogP contribution is -2.30. The van der Waals surface area contributed by atoms with E-state index in [1.165, 1.54) is 72.2 Å². The molecule has 7 aromatic rings. The van der Waals surface area contributed by atoms with Crippen molar-refractivity contribution in [2.45, 2.75) is 38.5 Å². The van der Waals surface area contributed by atoms with Gasteiger partial charge in [-0.15, -0.1) is 0 Å². The highest BCUT2D eigenvalue weighted by Crippen LogP contribution is 2.52. The van der Waals surface area contributed by atoms with Gasteiger partial charge in [0.15, 0.2) is 0 Å². The smallest absolute Gasteiger partial charge is 0.115 e. The third kappa shape index (κ3) is 3.14. The van der Waals surface area contributed by atoms with Gasteiger partial charge >= 0.3 is 0 Å². The molecule has 5 aromatic carbocycles. The Balaban J connectivity index is 1.18. The third-order valence-electron chi connectivity index (χ3n) is 10.1. The van der Waals surface area contributed by atoms with Crippen molar-refractivity contribution in [1.29, 1.82) is 0 Å². The quantitative estimate of drug-likeness (QED) is 0.211. The molecule has 0 saturated carbocycles. The minimum absolute atomic E-state index is 0.0635. The summed E-state index contributed by atoms with van der Waals surface area (Å²) in [7, 11) is 0. The van der Waals surface area contributed by atoms with E-state index in [1.807, 2.05) is 12.5 Å². The molecule has 0 spiro atoms. The summed E-state index contributed by atoms with van der Waals surface area (Å²) in [6.07, 6.45) is 3.82. The van der Waals surface area contributed by atoms with Crippen LogP contribution >= 0.6 is 0 Å². The SMILES string of the molecule is CC1(C)c2ccccc2N(c2ccc(-c3ccc4c(c3)c3cccc5c3n4-c3cocc3C5(C)C)cc2)c2ccccc21. The number of furan rings is 1. The van der Waals surface area contributed by atoms with Crippen LogP contribution in [0.25, 0.3) is 38.6 Å². The molecule has 0 atom stereocenters. The molecule has 0 bridgehead atoms. The summed E-state index contributed by atoms with van der Waals surface area (Å²) in [4.78, 5) is 2.41. The van der Waals surface area contributed by atoms with Crippen LogP contribution in [0, 0.1) is 0 Å².